The molecule has 0 aliphatic carbocycles. The van der Waals surface area contributed by atoms with Crippen LogP contribution in [-0.4, -0.2) is 35.6 Å². The minimum atomic E-state index is -0.240. The van der Waals surface area contributed by atoms with Gasteiger partial charge in [0.2, 0.25) is 0 Å². The number of phenols is 2. The molecule has 1 aliphatic heterocycles. The van der Waals surface area contributed by atoms with Crippen LogP contribution >= 0.6 is 0 Å². The van der Waals surface area contributed by atoms with Crippen molar-refractivity contribution in [2.75, 3.05) is 20.3 Å². The summed E-state index contributed by atoms with van der Waals surface area (Å²) in [4.78, 5) is 0. The van der Waals surface area contributed by atoms with E-state index < -0.39 is 0 Å². The fourth-order valence-corrected chi connectivity index (χ4v) is 3.46. The van der Waals surface area contributed by atoms with Gasteiger partial charge >= 0.3 is 0 Å². The van der Waals surface area contributed by atoms with Gasteiger partial charge in [0, 0.05) is 25.6 Å². The highest BCUT2D eigenvalue weighted by molar-refractivity contribution is 5.30. The van der Waals surface area contributed by atoms with Crippen LogP contribution < -0.4 is 0 Å². The first-order valence-electron chi connectivity index (χ1n) is 7.97. The number of rotatable bonds is 5. The van der Waals surface area contributed by atoms with Gasteiger partial charge in [-0.2, -0.15) is 0 Å². The van der Waals surface area contributed by atoms with Crippen molar-refractivity contribution >= 4 is 0 Å². The number of ether oxygens (including phenoxy) is 2. The molecule has 0 amide bonds. The summed E-state index contributed by atoms with van der Waals surface area (Å²) in [7, 11) is 1.64. The van der Waals surface area contributed by atoms with Crippen LogP contribution in [0.5, 0.6) is 11.5 Å². The number of benzene rings is 2. The normalized spacial score (nSPS) is 24.8. The van der Waals surface area contributed by atoms with Crippen LogP contribution in [0, 0.1) is 11.8 Å². The third-order valence-electron chi connectivity index (χ3n) is 4.70. The summed E-state index contributed by atoms with van der Waals surface area (Å²) in [6, 6.07) is 13.8. The van der Waals surface area contributed by atoms with Gasteiger partial charge in [-0.1, -0.05) is 24.3 Å². The summed E-state index contributed by atoms with van der Waals surface area (Å²) in [5.41, 5.74) is 1.86. The van der Waals surface area contributed by atoms with E-state index in [2.05, 4.69) is 0 Å². The lowest BCUT2D eigenvalue weighted by Crippen LogP contribution is -2.26. The van der Waals surface area contributed by atoms with Crippen molar-refractivity contribution < 1.29 is 24.8 Å². The van der Waals surface area contributed by atoms with Crippen LogP contribution in [0.2, 0.25) is 0 Å². The average molecular weight is 330 g/mol. The maximum Gasteiger partial charge on any atom is 0.115 e. The molecule has 0 unspecified atom stereocenters. The Labute approximate surface area is 141 Å². The Morgan fingerprint density at radius 1 is 1.04 bits per heavy atom. The molecule has 5 heteroatoms. The molecule has 2 aromatic carbocycles. The zero-order valence-electron chi connectivity index (χ0n) is 13.5. The molecule has 0 spiro atoms. The van der Waals surface area contributed by atoms with Gasteiger partial charge in [-0.3, -0.25) is 0 Å². The Balaban J connectivity index is 1.84. The molecule has 0 saturated carbocycles. The number of hydrogen-bond donors (Lipinski definition) is 3. The lowest BCUT2D eigenvalue weighted by atomic mass is 9.82. The topological polar surface area (TPSA) is 79.2 Å². The summed E-state index contributed by atoms with van der Waals surface area (Å²) in [6.07, 6.45) is -0.472. The molecule has 24 heavy (non-hydrogen) atoms. The van der Waals surface area contributed by atoms with Gasteiger partial charge in [-0.25, -0.2) is 0 Å². The summed E-state index contributed by atoms with van der Waals surface area (Å²) in [5, 5.41) is 28.8. The molecule has 4 atom stereocenters. The van der Waals surface area contributed by atoms with Gasteiger partial charge in [0.1, 0.15) is 11.5 Å². The number of hydrogen-bond acceptors (Lipinski definition) is 5. The first-order chi connectivity index (χ1) is 11.6. The van der Waals surface area contributed by atoms with E-state index in [0.717, 1.165) is 11.1 Å². The van der Waals surface area contributed by atoms with Crippen molar-refractivity contribution in [2.45, 2.75) is 12.2 Å². The van der Waals surface area contributed by atoms with Gasteiger partial charge in [-0.15, -0.1) is 0 Å². The van der Waals surface area contributed by atoms with Crippen LogP contribution in [0.4, 0.5) is 0 Å². The second-order valence-electron chi connectivity index (χ2n) is 6.10. The third-order valence-corrected chi connectivity index (χ3v) is 4.70. The Morgan fingerprint density at radius 2 is 1.62 bits per heavy atom. The lowest BCUT2D eigenvalue weighted by Gasteiger charge is -2.27. The molecule has 3 rings (SSSR count). The molecule has 0 bridgehead atoms. The standard InChI is InChI=1S/C19H22O5/c1-23-18(12-2-6-14(21)7-3-12)17-11-24-19(16(17)10-20)13-4-8-15(22)9-5-13/h2-9,16-22H,10-11H2,1H3/t16-,17+,18+,19+/m1/s1. The molecule has 2 aromatic rings. The fourth-order valence-electron chi connectivity index (χ4n) is 3.46. The zero-order chi connectivity index (χ0) is 17.1. The Morgan fingerprint density at radius 3 is 2.17 bits per heavy atom. The van der Waals surface area contributed by atoms with Gasteiger partial charge in [0.05, 0.1) is 18.8 Å². The van der Waals surface area contributed by atoms with Crippen molar-refractivity contribution in [1.82, 2.24) is 0 Å². The second kappa shape index (κ2) is 7.21. The fraction of sp³-hybridized carbons (Fsp3) is 0.368. The van der Waals surface area contributed by atoms with E-state index in [-0.39, 0.29) is 42.1 Å². The van der Waals surface area contributed by atoms with Crippen LogP contribution in [-0.2, 0) is 9.47 Å². The summed E-state index contributed by atoms with van der Waals surface area (Å²) >= 11 is 0. The quantitative estimate of drug-likeness (QED) is 0.786. The number of aromatic hydroxyl groups is 2. The highest BCUT2D eigenvalue weighted by Crippen LogP contribution is 2.45. The molecule has 3 N–H and O–H groups in total. The number of phenolic OH excluding ortho intramolecular Hbond substituents is 2. The van der Waals surface area contributed by atoms with Crippen LogP contribution in [0.1, 0.15) is 23.3 Å². The molecule has 5 nitrogen and oxygen atoms in total. The zero-order valence-corrected chi connectivity index (χ0v) is 13.5. The molecule has 0 aromatic heterocycles. The van der Waals surface area contributed by atoms with Crippen molar-refractivity contribution in [3.05, 3.63) is 59.7 Å². The maximum atomic E-state index is 9.93. The first-order valence-corrected chi connectivity index (χ1v) is 7.97. The number of aliphatic hydroxyl groups excluding tert-OH is 1. The van der Waals surface area contributed by atoms with Gasteiger partial charge < -0.3 is 24.8 Å². The molecule has 0 radical (unpaired) electrons. The molecule has 1 aliphatic rings. The molecule has 128 valence electrons. The van der Waals surface area contributed by atoms with Gasteiger partial charge in [-0.05, 0) is 35.4 Å². The molecule has 1 fully saturated rings. The molecule has 1 heterocycles. The van der Waals surface area contributed by atoms with Crippen LogP contribution in [0.15, 0.2) is 48.5 Å². The Hall–Kier alpha value is -2.08. The second-order valence-corrected chi connectivity index (χ2v) is 6.10. The summed E-state index contributed by atoms with van der Waals surface area (Å²) in [6.45, 7) is 0.449. The van der Waals surface area contributed by atoms with Crippen molar-refractivity contribution in [1.29, 1.82) is 0 Å². The predicted molar refractivity (Wildman–Crippen MR) is 88.7 cm³/mol. The SMILES string of the molecule is CO[C@@H](c1ccc(O)cc1)[C@H]1CO[C@@H](c2ccc(O)cc2)[C@@H]1CO. The van der Waals surface area contributed by atoms with E-state index >= 15 is 0 Å². The van der Waals surface area contributed by atoms with E-state index in [1.165, 1.54) is 0 Å². The molecule has 1 saturated heterocycles. The van der Waals surface area contributed by atoms with Crippen LogP contribution in [0.25, 0.3) is 0 Å². The molecular formula is C19H22O5. The highest BCUT2D eigenvalue weighted by Gasteiger charge is 2.42. The van der Waals surface area contributed by atoms with E-state index in [9.17, 15) is 15.3 Å². The monoisotopic (exact) mass is 330 g/mol. The van der Waals surface area contributed by atoms with E-state index in [4.69, 9.17) is 9.47 Å². The Bertz CT molecular complexity index is 652. The lowest BCUT2D eigenvalue weighted by molar-refractivity contribution is 0.0244. The smallest absolute Gasteiger partial charge is 0.115 e. The Kier molecular flexibility index (Phi) is 5.04. The van der Waals surface area contributed by atoms with Gasteiger partial charge in [0.15, 0.2) is 0 Å². The third kappa shape index (κ3) is 3.24. The summed E-state index contributed by atoms with van der Waals surface area (Å²) < 4.78 is 11.6. The highest BCUT2D eigenvalue weighted by atomic mass is 16.5. The minimum absolute atomic E-state index is 0.0108. The van der Waals surface area contributed by atoms with Gasteiger partial charge in [0.25, 0.3) is 0 Å². The molecular weight excluding hydrogens is 308 g/mol. The van der Waals surface area contributed by atoms with E-state index in [1.54, 1.807) is 31.4 Å². The van der Waals surface area contributed by atoms with E-state index in [0.29, 0.717) is 6.61 Å². The van der Waals surface area contributed by atoms with E-state index in [1.807, 2.05) is 24.3 Å². The van der Waals surface area contributed by atoms with Crippen molar-refractivity contribution in [3.8, 4) is 11.5 Å². The number of aliphatic hydroxyl groups is 1. The summed E-state index contributed by atoms with van der Waals surface area (Å²) in [5.74, 6) is 0.279. The minimum Gasteiger partial charge on any atom is -0.508 e. The predicted octanol–water partition coefficient (Wildman–Crippen LogP) is 2.78. The van der Waals surface area contributed by atoms with Crippen LogP contribution in [0.3, 0.4) is 0 Å². The largest absolute Gasteiger partial charge is 0.508 e. The number of methoxy groups -OCH3 is 1. The maximum absolute atomic E-state index is 9.93. The average Bonchev–Trinajstić information content (AvgIpc) is 3.01. The van der Waals surface area contributed by atoms with Crippen molar-refractivity contribution in [2.24, 2.45) is 11.8 Å². The van der Waals surface area contributed by atoms with Crippen molar-refractivity contribution in [3.63, 3.8) is 0 Å². The first kappa shape index (κ1) is 16.8.